The van der Waals surface area contributed by atoms with E-state index in [1.807, 2.05) is 12.3 Å². The molecular formula is C12H12N6O2. The molecular weight excluding hydrogens is 260 g/mol. The van der Waals surface area contributed by atoms with Gasteiger partial charge in [0.25, 0.3) is 0 Å². The van der Waals surface area contributed by atoms with E-state index in [4.69, 9.17) is 4.84 Å². The van der Waals surface area contributed by atoms with E-state index >= 15 is 0 Å². The van der Waals surface area contributed by atoms with Gasteiger partial charge in [-0.15, -0.1) is 0 Å². The molecule has 0 saturated carbocycles. The predicted octanol–water partition coefficient (Wildman–Crippen LogP) is 0.847. The molecule has 0 aliphatic heterocycles. The second-order valence-electron chi connectivity index (χ2n) is 4.16. The molecule has 0 fully saturated rings. The van der Waals surface area contributed by atoms with E-state index < -0.39 is 0 Å². The molecule has 8 heteroatoms. The summed E-state index contributed by atoms with van der Waals surface area (Å²) in [6.07, 6.45) is 6.78. The first-order valence-electron chi connectivity index (χ1n) is 5.93. The Hall–Kier alpha value is -2.74. The van der Waals surface area contributed by atoms with Crippen LogP contribution in [0.25, 0.3) is 22.3 Å². The number of nitrogens with zero attached hydrogens (tertiary/aromatic N) is 4. The first-order chi connectivity index (χ1) is 9.75. The van der Waals surface area contributed by atoms with E-state index in [-0.39, 0.29) is 12.6 Å². The zero-order valence-electron chi connectivity index (χ0n) is 10.7. The third-order valence-corrected chi connectivity index (χ3v) is 2.75. The number of amides is 1. The average Bonchev–Trinajstić information content (AvgIpc) is 3.07. The maximum Gasteiger partial charge on any atom is 0.240 e. The molecule has 3 aromatic rings. The zero-order valence-corrected chi connectivity index (χ0v) is 10.7. The topological polar surface area (TPSA) is 97.7 Å². The number of rotatable bonds is 4. The van der Waals surface area contributed by atoms with Crippen molar-refractivity contribution >= 4 is 16.9 Å². The average molecular weight is 272 g/mol. The molecule has 0 atom stereocenters. The van der Waals surface area contributed by atoms with Gasteiger partial charge in [0, 0.05) is 30.3 Å². The van der Waals surface area contributed by atoms with E-state index in [9.17, 15) is 4.79 Å². The van der Waals surface area contributed by atoms with Crippen molar-refractivity contribution in [3.8, 4) is 11.3 Å². The molecule has 102 valence electrons. The molecule has 8 nitrogen and oxygen atoms in total. The van der Waals surface area contributed by atoms with Gasteiger partial charge in [-0.1, -0.05) is 0 Å². The van der Waals surface area contributed by atoms with Crippen LogP contribution in [0.1, 0.15) is 6.92 Å². The van der Waals surface area contributed by atoms with Crippen LogP contribution in [-0.2, 0) is 16.4 Å². The summed E-state index contributed by atoms with van der Waals surface area (Å²) in [5, 5.41) is 7.56. The van der Waals surface area contributed by atoms with E-state index in [1.165, 1.54) is 13.3 Å². The maximum absolute atomic E-state index is 10.8. The van der Waals surface area contributed by atoms with Crippen molar-refractivity contribution in [3.63, 3.8) is 0 Å². The van der Waals surface area contributed by atoms with Gasteiger partial charge in [0.15, 0.2) is 6.73 Å². The van der Waals surface area contributed by atoms with E-state index in [1.54, 1.807) is 17.0 Å². The zero-order chi connectivity index (χ0) is 13.9. The summed E-state index contributed by atoms with van der Waals surface area (Å²) in [5.74, 6) is -0.254. The fraction of sp³-hybridized carbons (Fsp3) is 0.167. The maximum atomic E-state index is 10.8. The largest absolute Gasteiger partial charge is 0.306 e. The third kappa shape index (κ3) is 2.24. The van der Waals surface area contributed by atoms with Crippen LogP contribution in [0, 0.1) is 0 Å². The highest BCUT2D eigenvalue weighted by Gasteiger charge is 2.10. The highest BCUT2D eigenvalue weighted by atomic mass is 16.7. The van der Waals surface area contributed by atoms with Crippen molar-refractivity contribution in [1.29, 1.82) is 0 Å². The monoisotopic (exact) mass is 272 g/mol. The minimum atomic E-state index is -0.254. The fourth-order valence-corrected chi connectivity index (χ4v) is 1.92. The summed E-state index contributed by atoms with van der Waals surface area (Å²) >= 11 is 0. The SMILES string of the molecule is CC(=O)NOCn1ccc2c(-c3cn[nH]c3)ncnc21. The summed E-state index contributed by atoms with van der Waals surface area (Å²) in [5.41, 5.74) is 4.68. The van der Waals surface area contributed by atoms with Crippen LogP contribution >= 0.6 is 0 Å². The standard InChI is InChI=1S/C12H12N6O2/c1-8(19)17-20-7-18-3-2-10-11(9-4-15-16-5-9)13-6-14-12(10)18/h2-6H,7H2,1H3,(H,15,16)(H,17,19). The lowest BCUT2D eigenvalue weighted by molar-refractivity contribution is -0.134. The van der Waals surface area contributed by atoms with Crippen LogP contribution in [0.5, 0.6) is 0 Å². The molecule has 0 bridgehead atoms. The lowest BCUT2D eigenvalue weighted by Gasteiger charge is -2.06. The number of fused-ring (bicyclic) bond motifs is 1. The van der Waals surface area contributed by atoms with Crippen LogP contribution in [0.2, 0.25) is 0 Å². The number of hydroxylamine groups is 1. The van der Waals surface area contributed by atoms with Crippen LogP contribution in [0.4, 0.5) is 0 Å². The Morgan fingerprint density at radius 2 is 2.40 bits per heavy atom. The van der Waals surface area contributed by atoms with Gasteiger partial charge < -0.3 is 4.57 Å². The van der Waals surface area contributed by atoms with Crippen LogP contribution in [0.15, 0.2) is 31.0 Å². The minimum absolute atomic E-state index is 0.172. The Labute approximate surface area is 113 Å². The summed E-state index contributed by atoms with van der Waals surface area (Å²) in [4.78, 5) is 24.3. The van der Waals surface area contributed by atoms with Gasteiger partial charge in [-0.3, -0.25) is 14.7 Å². The second-order valence-corrected chi connectivity index (χ2v) is 4.16. The van der Waals surface area contributed by atoms with Crippen LogP contribution in [-0.4, -0.2) is 30.6 Å². The summed E-state index contributed by atoms with van der Waals surface area (Å²) in [6.45, 7) is 1.55. The van der Waals surface area contributed by atoms with Gasteiger partial charge in [0.2, 0.25) is 5.91 Å². The van der Waals surface area contributed by atoms with Gasteiger partial charge in [0.1, 0.15) is 12.0 Å². The van der Waals surface area contributed by atoms with Crippen LogP contribution in [0.3, 0.4) is 0 Å². The molecule has 0 unspecified atom stereocenters. The molecule has 3 heterocycles. The molecule has 0 saturated heterocycles. The summed E-state index contributed by atoms with van der Waals surface area (Å²) < 4.78 is 1.77. The second kappa shape index (κ2) is 5.10. The number of aromatic amines is 1. The van der Waals surface area contributed by atoms with Gasteiger partial charge in [0.05, 0.1) is 11.9 Å². The lowest BCUT2D eigenvalue weighted by atomic mass is 10.2. The minimum Gasteiger partial charge on any atom is -0.306 e. The molecule has 0 spiro atoms. The van der Waals surface area contributed by atoms with Gasteiger partial charge in [-0.25, -0.2) is 15.4 Å². The van der Waals surface area contributed by atoms with Gasteiger partial charge in [-0.2, -0.15) is 5.10 Å². The lowest BCUT2D eigenvalue weighted by Crippen LogP contribution is -2.21. The molecule has 0 radical (unpaired) electrons. The number of carbonyl (C=O) groups excluding carboxylic acids is 1. The summed E-state index contributed by atoms with van der Waals surface area (Å²) in [7, 11) is 0. The number of hydrogen-bond acceptors (Lipinski definition) is 5. The van der Waals surface area contributed by atoms with E-state index in [2.05, 4.69) is 25.6 Å². The smallest absolute Gasteiger partial charge is 0.240 e. The van der Waals surface area contributed by atoms with Crippen molar-refractivity contribution in [2.24, 2.45) is 0 Å². The van der Waals surface area contributed by atoms with E-state index in [0.29, 0.717) is 0 Å². The van der Waals surface area contributed by atoms with Crippen LogP contribution < -0.4 is 5.48 Å². The Morgan fingerprint density at radius 1 is 1.50 bits per heavy atom. The number of aromatic nitrogens is 5. The normalized spacial score (nSPS) is 10.8. The molecule has 2 N–H and O–H groups in total. The van der Waals surface area contributed by atoms with Crippen molar-refractivity contribution in [2.75, 3.05) is 0 Å². The molecule has 0 aliphatic rings. The Bertz CT molecular complexity index is 734. The van der Waals surface area contributed by atoms with Crippen molar-refractivity contribution < 1.29 is 9.63 Å². The van der Waals surface area contributed by atoms with Crippen molar-refractivity contribution in [2.45, 2.75) is 13.7 Å². The molecule has 20 heavy (non-hydrogen) atoms. The molecule has 0 aliphatic carbocycles. The highest BCUT2D eigenvalue weighted by molar-refractivity contribution is 5.90. The third-order valence-electron chi connectivity index (χ3n) is 2.75. The number of hydrogen-bond donors (Lipinski definition) is 2. The Morgan fingerprint density at radius 3 is 3.15 bits per heavy atom. The van der Waals surface area contributed by atoms with Gasteiger partial charge in [-0.05, 0) is 6.07 Å². The molecule has 1 amide bonds. The van der Waals surface area contributed by atoms with Gasteiger partial charge >= 0.3 is 0 Å². The number of H-pyrrole nitrogens is 1. The Kier molecular flexibility index (Phi) is 3.13. The van der Waals surface area contributed by atoms with Crippen molar-refractivity contribution in [3.05, 3.63) is 31.0 Å². The first kappa shape index (κ1) is 12.3. The number of carbonyl (C=O) groups is 1. The fourth-order valence-electron chi connectivity index (χ4n) is 1.92. The molecule has 0 aromatic carbocycles. The van der Waals surface area contributed by atoms with Crippen molar-refractivity contribution in [1.82, 2.24) is 30.2 Å². The predicted molar refractivity (Wildman–Crippen MR) is 70.0 cm³/mol. The Balaban J connectivity index is 1.93. The summed E-state index contributed by atoms with van der Waals surface area (Å²) in [6, 6.07) is 1.90. The van der Waals surface area contributed by atoms with E-state index in [0.717, 1.165) is 22.3 Å². The number of nitrogens with one attached hydrogen (secondary N) is 2. The first-order valence-corrected chi connectivity index (χ1v) is 5.93. The highest BCUT2D eigenvalue weighted by Crippen LogP contribution is 2.24. The quantitative estimate of drug-likeness (QED) is 0.686. The molecule has 3 aromatic heterocycles. The molecule has 3 rings (SSSR count).